The van der Waals surface area contributed by atoms with Crippen LogP contribution in [-0.4, -0.2) is 5.11 Å². The Bertz CT molecular complexity index is 552. The van der Waals surface area contributed by atoms with Gasteiger partial charge in [-0.15, -0.1) is 0 Å². The molecule has 0 unspecified atom stereocenters. The highest BCUT2D eigenvalue weighted by molar-refractivity contribution is 5.38. The number of aliphatic hydroxyl groups is 1. The van der Waals surface area contributed by atoms with Gasteiger partial charge in [-0.05, 0) is 35.7 Å². The van der Waals surface area contributed by atoms with Gasteiger partial charge in [0.05, 0.1) is 11.6 Å². The van der Waals surface area contributed by atoms with E-state index in [-0.39, 0.29) is 0 Å². The van der Waals surface area contributed by atoms with E-state index >= 15 is 0 Å². The van der Waals surface area contributed by atoms with E-state index in [4.69, 9.17) is 5.26 Å². The molecule has 0 spiro atoms. The summed E-state index contributed by atoms with van der Waals surface area (Å²) in [4.78, 5) is 0. The number of aryl methyl sites for hydroxylation is 1. The van der Waals surface area contributed by atoms with Crippen LogP contribution in [0.5, 0.6) is 0 Å². The smallest absolute Gasteiger partial charge is 0.104 e. The van der Waals surface area contributed by atoms with Crippen molar-refractivity contribution >= 4 is 0 Å². The number of nitrogens with zero attached hydrogens (tertiary/aromatic N) is 1. The zero-order valence-electron chi connectivity index (χ0n) is 9.59. The second-order valence-corrected chi connectivity index (χ2v) is 3.99. The second-order valence-electron chi connectivity index (χ2n) is 3.99. The van der Waals surface area contributed by atoms with Crippen molar-refractivity contribution in [1.29, 1.82) is 5.26 Å². The minimum absolute atomic E-state index is 0.603. The number of rotatable bonds is 2. The van der Waals surface area contributed by atoms with Gasteiger partial charge in [0, 0.05) is 0 Å². The lowest BCUT2D eigenvalue weighted by atomic mass is 9.97. The Labute approximate surface area is 101 Å². The van der Waals surface area contributed by atoms with Crippen LogP contribution >= 0.6 is 0 Å². The third-order valence-electron chi connectivity index (χ3n) is 2.84. The van der Waals surface area contributed by atoms with Gasteiger partial charge in [0.2, 0.25) is 0 Å². The van der Waals surface area contributed by atoms with Crippen LogP contribution in [0.25, 0.3) is 0 Å². The van der Waals surface area contributed by atoms with Crippen LogP contribution in [0.15, 0.2) is 48.5 Å². The molecule has 0 saturated heterocycles. The molecule has 84 valence electrons. The number of hydrogen-bond donors (Lipinski definition) is 1. The zero-order valence-corrected chi connectivity index (χ0v) is 9.59. The van der Waals surface area contributed by atoms with E-state index in [0.717, 1.165) is 16.7 Å². The van der Waals surface area contributed by atoms with Gasteiger partial charge in [-0.1, -0.05) is 36.4 Å². The number of hydrogen-bond acceptors (Lipinski definition) is 2. The lowest BCUT2D eigenvalue weighted by molar-refractivity contribution is 0.219. The van der Waals surface area contributed by atoms with Crippen molar-refractivity contribution in [2.24, 2.45) is 0 Å². The van der Waals surface area contributed by atoms with Gasteiger partial charge in [-0.25, -0.2) is 0 Å². The van der Waals surface area contributed by atoms with Crippen LogP contribution in [0, 0.1) is 18.3 Å². The van der Waals surface area contributed by atoms with E-state index in [1.54, 1.807) is 24.3 Å². The number of aliphatic hydroxyl groups excluding tert-OH is 1. The summed E-state index contributed by atoms with van der Waals surface area (Å²) >= 11 is 0. The molecule has 0 bridgehead atoms. The Morgan fingerprint density at radius 3 is 2.29 bits per heavy atom. The topological polar surface area (TPSA) is 44.0 Å². The summed E-state index contributed by atoms with van der Waals surface area (Å²) in [7, 11) is 0. The van der Waals surface area contributed by atoms with Crippen LogP contribution in [0.3, 0.4) is 0 Å². The Balaban J connectivity index is 2.34. The SMILES string of the molecule is Cc1ccccc1[C@H](O)c1ccc(C#N)cc1. The van der Waals surface area contributed by atoms with E-state index in [2.05, 4.69) is 6.07 Å². The third kappa shape index (κ3) is 2.35. The predicted molar refractivity (Wildman–Crippen MR) is 66.4 cm³/mol. The van der Waals surface area contributed by atoms with E-state index < -0.39 is 6.10 Å². The van der Waals surface area contributed by atoms with Crippen LogP contribution in [0.2, 0.25) is 0 Å². The molecule has 2 aromatic carbocycles. The standard InChI is InChI=1S/C15H13NO/c1-11-4-2-3-5-14(11)15(17)13-8-6-12(10-16)7-9-13/h2-9,15,17H,1H3/t15-/m1/s1. The maximum absolute atomic E-state index is 10.3. The van der Waals surface area contributed by atoms with E-state index in [0.29, 0.717) is 5.56 Å². The Kier molecular flexibility index (Phi) is 3.22. The number of nitriles is 1. The summed E-state index contributed by atoms with van der Waals surface area (Å²) in [5.74, 6) is 0. The van der Waals surface area contributed by atoms with Crippen molar-refractivity contribution in [3.63, 3.8) is 0 Å². The fourth-order valence-corrected chi connectivity index (χ4v) is 1.81. The third-order valence-corrected chi connectivity index (χ3v) is 2.84. The van der Waals surface area contributed by atoms with Gasteiger partial charge in [-0.3, -0.25) is 0 Å². The van der Waals surface area contributed by atoms with E-state index in [1.807, 2.05) is 31.2 Å². The minimum atomic E-state index is -0.635. The van der Waals surface area contributed by atoms with Crippen LogP contribution in [0.4, 0.5) is 0 Å². The summed E-state index contributed by atoms with van der Waals surface area (Å²) in [6.45, 7) is 1.97. The molecule has 0 amide bonds. The van der Waals surface area contributed by atoms with Crippen molar-refractivity contribution < 1.29 is 5.11 Å². The van der Waals surface area contributed by atoms with Gasteiger partial charge in [-0.2, -0.15) is 5.26 Å². The van der Waals surface area contributed by atoms with Crippen molar-refractivity contribution in [1.82, 2.24) is 0 Å². The van der Waals surface area contributed by atoms with Crippen LogP contribution in [0.1, 0.15) is 28.4 Å². The second kappa shape index (κ2) is 4.82. The van der Waals surface area contributed by atoms with Crippen molar-refractivity contribution in [2.75, 3.05) is 0 Å². The molecule has 0 fully saturated rings. The van der Waals surface area contributed by atoms with Gasteiger partial charge in [0.15, 0.2) is 0 Å². The molecule has 2 rings (SSSR count). The first-order valence-electron chi connectivity index (χ1n) is 5.46. The zero-order chi connectivity index (χ0) is 12.3. The highest BCUT2D eigenvalue weighted by atomic mass is 16.3. The molecule has 2 nitrogen and oxygen atoms in total. The summed E-state index contributed by atoms with van der Waals surface area (Å²) < 4.78 is 0. The van der Waals surface area contributed by atoms with Gasteiger partial charge >= 0.3 is 0 Å². The molecule has 0 aliphatic rings. The molecule has 1 atom stereocenters. The van der Waals surface area contributed by atoms with Gasteiger partial charge in [0.25, 0.3) is 0 Å². The normalized spacial score (nSPS) is 11.8. The van der Waals surface area contributed by atoms with Crippen molar-refractivity contribution in [3.8, 4) is 6.07 Å². The maximum Gasteiger partial charge on any atom is 0.104 e. The Morgan fingerprint density at radius 2 is 1.71 bits per heavy atom. The molecular weight excluding hydrogens is 210 g/mol. The fourth-order valence-electron chi connectivity index (χ4n) is 1.81. The van der Waals surface area contributed by atoms with Crippen molar-refractivity contribution in [3.05, 3.63) is 70.8 Å². The van der Waals surface area contributed by atoms with Crippen LogP contribution in [-0.2, 0) is 0 Å². The summed E-state index contributed by atoms with van der Waals surface area (Å²) in [6.07, 6.45) is -0.635. The van der Waals surface area contributed by atoms with E-state index in [9.17, 15) is 5.11 Å². The molecule has 2 aromatic rings. The van der Waals surface area contributed by atoms with Gasteiger partial charge in [0.1, 0.15) is 6.10 Å². The fraction of sp³-hybridized carbons (Fsp3) is 0.133. The predicted octanol–water partition coefficient (Wildman–Crippen LogP) is 2.95. The average Bonchev–Trinajstić information content (AvgIpc) is 2.39. The highest BCUT2D eigenvalue weighted by Crippen LogP contribution is 2.24. The first-order chi connectivity index (χ1) is 8.22. The molecule has 0 aliphatic carbocycles. The lowest BCUT2D eigenvalue weighted by Gasteiger charge is -2.13. The molecular formula is C15H13NO. The minimum Gasteiger partial charge on any atom is -0.384 e. The molecule has 0 saturated carbocycles. The number of benzene rings is 2. The monoisotopic (exact) mass is 223 g/mol. The first kappa shape index (κ1) is 11.4. The Morgan fingerprint density at radius 1 is 1.06 bits per heavy atom. The first-order valence-corrected chi connectivity index (χ1v) is 5.46. The summed E-state index contributed by atoms with van der Waals surface area (Å²) in [6, 6.07) is 16.8. The Hall–Kier alpha value is -2.11. The highest BCUT2D eigenvalue weighted by Gasteiger charge is 2.11. The molecule has 2 heteroatoms. The largest absolute Gasteiger partial charge is 0.384 e. The van der Waals surface area contributed by atoms with Crippen molar-refractivity contribution in [2.45, 2.75) is 13.0 Å². The molecule has 17 heavy (non-hydrogen) atoms. The quantitative estimate of drug-likeness (QED) is 0.850. The maximum atomic E-state index is 10.3. The summed E-state index contributed by atoms with van der Waals surface area (Å²) in [5, 5.41) is 19.0. The molecule has 0 aromatic heterocycles. The molecule has 0 heterocycles. The molecule has 1 N–H and O–H groups in total. The van der Waals surface area contributed by atoms with E-state index in [1.165, 1.54) is 0 Å². The lowest BCUT2D eigenvalue weighted by Crippen LogP contribution is -2.01. The molecule has 0 aliphatic heterocycles. The molecule has 0 radical (unpaired) electrons. The summed E-state index contributed by atoms with van der Waals surface area (Å²) in [5.41, 5.74) is 3.37. The van der Waals surface area contributed by atoms with Gasteiger partial charge < -0.3 is 5.11 Å². The average molecular weight is 223 g/mol. The van der Waals surface area contributed by atoms with Crippen LogP contribution < -0.4 is 0 Å².